The predicted octanol–water partition coefficient (Wildman–Crippen LogP) is 4.08. The monoisotopic (exact) mass is 379 g/mol. The molecule has 0 aliphatic heterocycles. The lowest BCUT2D eigenvalue weighted by Crippen LogP contribution is -2.23. The Morgan fingerprint density at radius 2 is 1.93 bits per heavy atom. The Balaban J connectivity index is 1.73. The molecule has 2 aromatic carbocycles. The first-order valence-corrected chi connectivity index (χ1v) is 9.09. The van der Waals surface area contributed by atoms with E-state index in [0.29, 0.717) is 31.4 Å². The molecule has 0 bridgehead atoms. The highest BCUT2D eigenvalue weighted by molar-refractivity contribution is 5.53. The number of rotatable bonds is 10. The smallest absolute Gasteiger partial charge is 0.241 e. The van der Waals surface area contributed by atoms with E-state index in [2.05, 4.69) is 33.8 Å². The molecule has 0 saturated carbocycles. The zero-order valence-electron chi connectivity index (χ0n) is 16.3. The van der Waals surface area contributed by atoms with Crippen LogP contribution in [0.25, 0.3) is 11.4 Å². The molecule has 1 heterocycles. The highest BCUT2D eigenvalue weighted by atomic mass is 16.5. The molecular weight excluding hydrogens is 354 g/mol. The minimum Gasteiger partial charge on any atom is -0.496 e. The number of benzene rings is 2. The maximum atomic E-state index is 5.46. The van der Waals surface area contributed by atoms with Crippen LogP contribution in [0.4, 0.5) is 0 Å². The zero-order valence-corrected chi connectivity index (χ0v) is 16.3. The fourth-order valence-corrected chi connectivity index (χ4v) is 3.04. The molecule has 0 amide bonds. The minimum atomic E-state index is 0.503. The number of ether oxygens (including phenoxy) is 2. The average molecular weight is 379 g/mol. The summed E-state index contributed by atoms with van der Waals surface area (Å²) in [7, 11) is 3.34. The number of aromatic nitrogens is 2. The van der Waals surface area contributed by atoms with E-state index in [1.165, 1.54) is 0 Å². The molecule has 0 atom stereocenters. The SMILES string of the molecule is C=CCN(Cc1ccc(OC)c(COC)c1)Cc1nc(-c2ccccc2)no1. The van der Waals surface area contributed by atoms with Gasteiger partial charge in [-0.1, -0.05) is 47.6 Å². The molecule has 0 radical (unpaired) electrons. The third-order valence-electron chi connectivity index (χ3n) is 4.30. The van der Waals surface area contributed by atoms with Crippen LogP contribution in [0.15, 0.2) is 65.7 Å². The molecule has 0 fully saturated rings. The summed E-state index contributed by atoms with van der Waals surface area (Å²) in [5, 5.41) is 4.10. The van der Waals surface area contributed by atoms with Crippen LogP contribution in [-0.2, 0) is 24.4 Å². The van der Waals surface area contributed by atoms with Crippen molar-refractivity contribution in [3.63, 3.8) is 0 Å². The van der Waals surface area contributed by atoms with E-state index in [4.69, 9.17) is 14.0 Å². The molecular formula is C22H25N3O3. The standard InChI is InChI=1S/C22H25N3O3/c1-4-12-25(14-17-10-11-20(27-3)19(13-17)16-26-2)15-21-23-22(24-28-21)18-8-6-5-7-9-18/h4-11,13H,1,12,14-16H2,2-3H3. The Labute approximate surface area is 165 Å². The van der Waals surface area contributed by atoms with Crippen LogP contribution in [0.2, 0.25) is 0 Å². The van der Waals surface area contributed by atoms with Crippen LogP contribution < -0.4 is 4.74 Å². The lowest BCUT2D eigenvalue weighted by Gasteiger charge is -2.19. The lowest BCUT2D eigenvalue weighted by atomic mass is 10.1. The third kappa shape index (κ3) is 5.06. The zero-order chi connectivity index (χ0) is 19.8. The summed E-state index contributed by atoms with van der Waals surface area (Å²) in [6, 6.07) is 15.9. The van der Waals surface area contributed by atoms with Gasteiger partial charge in [0.2, 0.25) is 11.7 Å². The predicted molar refractivity (Wildman–Crippen MR) is 108 cm³/mol. The highest BCUT2D eigenvalue weighted by Crippen LogP contribution is 2.22. The van der Waals surface area contributed by atoms with E-state index < -0.39 is 0 Å². The van der Waals surface area contributed by atoms with Gasteiger partial charge in [0.15, 0.2) is 0 Å². The lowest BCUT2D eigenvalue weighted by molar-refractivity contribution is 0.181. The molecule has 6 nitrogen and oxygen atoms in total. The molecule has 3 rings (SSSR count). The quantitative estimate of drug-likeness (QED) is 0.495. The van der Waals surface area contributed by atoms with Gasteiger partial charge < -0.3 is 14.0 Å². The summed E-state index contributed by atoms with van der Waals surface area (Å²) in [5.74, 6) is 2.00. The summed E-state index contributed by atoms with van der Waals surface area (Å²) >= 11 is 0. The van der Waals surface area contributed by atoms with Gasteiger partial charge in [-0.3, -0.25) is 4.90 Å². The maximum absolute atomic E-state index is 5.46. The van der Waals surface area contributed by atoms with Gasteiger partial charge in [0.1, 0.15) is 5.75 Å². The molecule has 0 spiro atoms. The van der Waals surface area contributed by atoms with Crippen LogP contribution in [0.1, 0.15) is 17.0 Å². The van der Waals surface area contributed by atoms with Crippen molar-refractivity contribution in [2.75, 3.05) is 20.8 Å². The Hall–Kier alpha value is -2.96. The van der Waals surface area contributed by atoms with Crippen molar-refractivity contribution in [3.8, 4) is 17.1 Å². The number of hydrogen-bond donors (Lipinski definition) is 0. The van der Waals surface area contributed by atoms with Crippen LogP contribution in [0.5, 0.6) is 5.75 Å². The van der Waals surface area contributed by atoms with E-state index in [1.54, 1.807) is 14.2 Å². The fraction of sp³-hybridized carbons (Fsp3) is 0.273. The molecule has 0 saturated heterocycles. The van der Waals surface area contributed by atoms with Crippen molar-refractivity contribution in [2.24, 2.45) is 0 Å². The van der Waals surface area contributed by atoms with Gasteiger partial charge in [-0.05, 0) is 17.7 Å². The van der Waals surface area contributed by atoms with Crippen LogP contribution in [0, 0.1) is 0 Å². The molecule has 146 valence electrons. The van der Waals surface area contributed by atoms with Gasteiger partial charge in [-0.25, -0.2) is 0 Å². The third-order valence-corrected chi connectivity index (χ3v) is 4.30. The van der Waals surface area contributed by atoms with Gasteiger partial charge in [0.25, 0.3) is 0 Å². The molecule has 28 heavy (non-hydrogen) atoms. The number of nitrogens with zero attached hydrogens (tertiary/aromatic N) is 3. The minimum absolute atomic E-state index is 0.503. The van der Waals surface area contributed by atoms with Crippen molar-refractivity contribution in [1.29, 1.82) is 0 Å². The Bertz CT molecular complexity index is 893. The molecule has 0 aliphatic carbocycles. The summed E-state index contributed by atoms with van der Waals surface area (Å²) in [5.41, 5.74) is 3.11. The summed E-state index contributed by atoms with van der Waals surface area (Å²) in [6.45, 7) is 6.33. The second-order valence-corrected chi connectivity index (χ2v) is 6.42. The molecule has 3 aromatic rings. The number of methoxy groups -OCH3 is 2. The van der Waals surface area contributed by atoms with Crippen LogP contribution >= 0.6 is 0 Å². The highest BCUT2D eigenvalue weighted by Gasteiger charge is 2.14. The molecule has 0 N–H and O–H groups in total. The first-order valence-electron chi connectivity index (χ1n) is 9.09. The van der Waals surface area contributed by atoms with E-state index >= 15 is 0 Å². The maximum Gasteiger partial charge on any atom is 0.241 e. The largest absolute Gasteiger partial charge is 0.496 e. The first kappa shape index (κ1) is 19.8. The topological polar surface area (TPSA) is 60.6 Å². The molecule has 6 heteroatoms. The van der Waals surface area contributed by atoms with Gasteiger partial charge in [-0.15, -0.1) is 6.58 Å². The van der Waals surface area contributed by atoms with Crippen molar-refractivity contribution >= 4 is 0 Å². The molecule has 1 aromatic heterocycles. The fourth-order valence-electron chi connectivity index (χ4n) is 3.04. The average Bonchev–Trinajstić information content (AvgIpc) is 3.18. The van der Waals surface area contributed by atoms with E-state index in [1.807, 2.05) is 42.5 Å². The second kappa shape index (κ2) is 9.82. The molecule has 0 aliphatic rings. The van der Waals surface area contributed by atoms with Crippen molar-refractivity contribution < 1.29 is 14.0 Å². The summed E-state index contributed by atoms with van der Waals surface area (Å²) in [6.07, 6.45) is 1.87. The van der Waals surface area contributed by atoms with Crippen LogP contribution in [0.3, 0.4) is 0 Å². The van der Waals surface area contributed by atoms with E-state index in [-0.39, 0.29) is 0 Å². The van der Waals surface area contributed by atoms with Gasteiger partial charge in [0, 0.05) is 31.3 Å². The second-order valence-electron chi connectivity index (χ2n) is 6.42. The Morgan fingerprint density at radius 3 is 2.64 bits per heavy atom. The Kier molecular flexibility index (Phi) is 6.94. The van der Waals surface area contributed by atoms with Crippen molar-refractivity contribution in [1.82, 2.24) is 15.0 Å². The van der Waals surface area contributed by atoms with Gasteiger partial charge >= 0.3 is 0 Å². The summed E-state index contributed by atoms with van der Waals surface area (Å²) < 4.78 is 16.1. The summed E-state index contributed by atoms with van der Waals surface area (Å²) in [4.78, 5) is 6.71. The first-order chi connectivity index (χ1) is 13.7. The van der Waals surface area contributed by atoms with Crippen molar-refractivity contribution in [3.05, 3.63) is 78.2 Å². The molecule has 0 unspecified atom stereocenters. The van der Waals surface area contributed by atoms with Crippen molar-refractivity contribution in [2.45, 2.75) is 19.7 Å². The van der Waals surface area contributed by atoms with Gasteiger partial charge in [-0.2, -0.15) is 4.98 Å². The van der Waals surface area contributed by atoms with Gasteiger partial charge in [0.05, 0.1) is 20.3 Å². The normalized spacial score (nSPS) is 11.0. The van der Waals surface area contributed by atoms with Crippen LogP contribution in [-0.4, -0.2) is 35.8 Å². The van der Waals surface area contributed by atoms with E-state index in [0.717, 1.165) is 29.0 Å². The Morgan fingerprint density at radius 1 is 1.11 bits per heavy atom. The van der Waals surface area contributed by atoms with E-state index in [9.17, 15) is 0 Å². The number of hydrogen-bond acceptors (Lipinski definition) is 6.